The van der Waals surface area contributed by atoms with Gasteiger partial charge in [-0.15, -0.1) is 0 Å². The highest BCUT2D eigenvalue weighted by atomic mass is 16.5. The van der Waals surface area contributed by atoms with E-state index < -0.39 is 5.97 Å². The van der Waals surface area contributed by atoms with E-state index in [1.54, 1.807) is 0 Å². The van der Waals surface area contributed by atoms with Gasteiger partial charge in [0.1, 0.15) is 0 Å². The highest BCUT2D eigenvalue weighted by Gasteiger charge is 2.11. The second-order valence-corrected chi connectivity index (χ2v) is 3.88. The van der Waals surface area contributed by atoms with Gasteiger partial charge in [0.2, 0.25) is 0 Å². The lowest BCUT2D eigenvalue weighted by Crippen LogP contribution is -2.06. The number of carbonyl (C=O) groups is 1. The average molecular weight is 258 g/mol. The highest BCUT2D eigenvalue weighted by molar-refractivity contribution is 5.92. The smallest absolute Gasteiger partial charge is 0.341 e. The molecule has 19 heavy (non-hydrogen) atoms. The first-order valence-electron chi connectivity index (χ1n) is 5.90. The number of rotatable bonds is 5. The average Bonchev–Trinajstić information content (AvgIpc) is 2.45. The van der Waals surface area contributed by atoms with Gasteiger partial charge in [0.05, 0.1) is 26.1 Å². The van der Waals surface area contributed by atoms with Crippen molar-refractivity contribution in [2.24, 2.45) is 0 Å². The Labute approximate surface area is 113 Å². The maximum atomic E-state index is 11.5. The van der Waals surface area contributed by atoms with Crippen molar-refractivity contribution in [3.63, 3.8) is 0 Å². The van der Waals surface area contributed by atoms with Crippen molar-refractivity contribution in [2.45, 2.75) is 6.92 Å². The molecule has 3 heteroatoms. The van der Waals surface area contributed by atoms with E-state index >= 15 is 0 Å². The van der Waals surface area contributed by atoms with Crippen LogP contribution in [0.2, 0.25) is 0 Å². The third kappa shape index (κ3) is 4.84. The molecule has 0 aliphatic rings. The standard InChI is InChI=1S/C16H18O3/c1-13(15(12-18-2)16(17)19-3)8-7-11-14-9-5-4-6-10-14/h4-12H,1-3H3/b11-7+,13-8+,15-12?. The number of allylic oxidation sites excluding steroid dienone is 2. The molecule has 0 spiro atoms. The van der Waals surface area contributed by atoms with Gasteiger partial charge in [-0.1, -0.05) is 48.6 Å². The molecular formula is C16H18O3. The first-order valence-corrected chi connectivity index (χ1v) is 5.90. The van der Waals surface area contributed by atoms with Crippen LogP contribution in [0.3, 0.4) is 0 Å². The molecule has 0 bridgehead atoms. The van der Waals surface area contributed by atoms with Crippen LogP contribution >= 0.6 is 0 Å². The zero-order chi connectivity index (χ0) is 14.1. The van der Waals surface area contributed by atoms with Crippen molar-refractivity contribution in [3.8, 4) is 0 Å². The van der Waals surface area contributed by atoms with Gasteiger partial charge in [-0.2, -0.15) is 0 Å². The van der Waals surface area contributed by atoms with E-state index in [1.165, 1.54) is 20.5 Å². The fourth-order valence-corrected chi connectivity index (χ4v) is 1.49. The first kappa shape index (κ1) is 14.8. The largest absolute Gasteiger partial charge is 0.503 e. The maximum absolute atomic E-state index is 11.5. The molecule has 0 aliphatic heterocycles. The summed E-state index contributed by atoms with van der Waals surface area (Å²) in [6, 6.07) is 9.93. The van der Waals surface area contributed by atoms with E-state index in [0.29, 0.717) is 5.57 Å². The lowest BCUT2D eigenvalue weighted by Gasteiger charge is -2.04. The zero-order valence-electron chi connectivity index (χ0n) is 11.4. The summed E-state index contributed by atoms with van der Waals surface area (Å²) in [6.45, 7) is 1.83. The Morgan fingerprint density at radius 2 is 1.84 bits per heavy atom. The van der Waals surface area contributed by atoms with E-state index in [1.807, 2.05) is 55.5 Å². The SMILES string of the molecule is COC=C(C(=O)OC)/C(C)=C/C=C/c1ccccc1. The Kier molecular flexibility index (Phi) is 6.16. The van der Waals surface area contributed by atoms with E-state index in [2.05, 4.69) is 0 Å². The van der Waals surface area contributed by atoms with Gasteiger partial charge in [-0.05, 0) is 18.1 Å². The predicted molar refractivity (Wildman–Crippen MR) is 76.3 cm³/mol. The van der Waals surface area contributed by atoms with Crippen LogP contribution in [0.25, 0.3) is 6.08 Å². The summed E-state index contributed by atoms with van der Waals surface area (Å²) in [5.41, 5.74) is 2.28. The van der Waals surface area contributed by atoms with Crippen molar-refractivity contribution in [1.29, 1.82) is 0 Å². The molecule has 0 radical (unpaired) electrons. The van der Waals surface area contributed by atoms with Gasteiger partial charge in [0.25, 0.3) is 0 Å². The Hall–Kier alpha value is -2.29. The Balaban J connectivity index is 2.83. The Morgan fingerprint density at radius 1 is 1.16 bits per heavy atom. The predicted octanol–water partition coefficient (Wildman–Crippen LogP) is 3.35. The summed E-state index contributed by atoms with van der Waals surface area (Å²) < 4.78 is 9.58. The van der Waals surface area contributed by atoms with Crippen LogP contribution in [0.15, 0.2) is 59.9 Å². The fourth-order valence-electron chi connectivity index (χ4n) is 1.49. The van der Waals surface area contributed by atoms with Crippen LogP contribution in [-0.2, 0) is 14.3 Å². The van der Waals surface area contributed by atoms with Crippen molar-refractivity contribution < 1.29 is 14.3 Å². The summed E-state index contributed by atoms with van der Waals surface area (Å²) in [6.07, 6.45) is 7.07. The van der Waals surface area contributed by atoms with E-state index in [9.17, 15) is 4.79 Å². The summed E-state index contributed by atoms with van der Waals surface area (Å²) in [5.74, 6) is -0.413. The van der Waals surface area contributed by atoms with Gasteiger partial charge in [-0.3, -0.25) is 0 Å². The van der Waals surface area contributed by atoms with Gasteiger partial charge < -0.3 is 9.47 Å². The third-order valence-electron chi connectivity index (χ3n) is 2.50. The van der Waals surface area contributed by atoms with E-state index in [-0.39, 0.29) is 0 Å². The van der Waals surface area contributed by atoms with Crippen LogP contribution < -0.4 is 0 Å². The molecular weight excluding hydrogens is 240 g/mol. The fraction of sp³-hybridized carbons (Fsp3) is 0.188. The van der Waals surface area contributed by atoms with E-state index in [4.69, 9.17) is 9.47 Å². The number of hydrogen-bond donors (Lipinski definition) is 0. The van der Waals surface area contributed by atoms with E-state index in [0.717, 1.165) is 11.1 Å². The Morgan fingerprint density at radius 3 is 2.42 bits per heavy atom. The molecule has 0 unspecified atom stereocenters. The minimum Gasteiger partial charge on any atom is -0.503 e. The van der Waals surface area contributed by atoms with Crippen LogP contribution in [0.4, 0.5) is 0 Å². The molecule has 1 aromatic carbocycles. The summed E-state index contributed by atoms with van der Waals surface area (Å²) in [5, 5.41) is 0. The summed E-state index contributed by atoms with van der Waals surface area (Å²) in [4.78, 5) is 11.5. The lowest BCUT2D eigenvalue weighted by atomic mass is 10.1. The number of carbonyl (C=O) groups excluding carboxylic acids is 1. The molecule has 0 saturated heterocycles. The Bertz CT molecular complexity index is 496. The molecule has 1 aromatic rings. The monoisotopic (exact) mass is 258 g/mol. The van der Waals surface area contributed by atoms with Gasteiger partial charge in [-0.25, -0.2) is 4.79 Å². The zero-order valence-corrected chi connectivity index (χ0v) is 11.4. The quantitative estimate of drug-likeness (QED) is 0.351. The minimum atomic E-state index is -0.413. The summed E-state index contributed by atoms with van der Waals surface area (Å²) in [7, 11) is 2.84. The molecule has 0 amide bonds. The number of benzene rings is 1. The number of ether oxygens (including phenoxy) is 2. The van der Waals surface area contributed by atoms with Crippen molar-refractivity contribution in [2.75, 3.05) is 14.2 Å². The molecule has 0 aromatic heterocycles. The molecule has 3 nitrogen and oxygen atoms in total. The lowest BCUT2D eigenvalue weighted by molar-refractivity contribution is -0.135. The first-order chi connectivity index (χ1) is 9.19. The van der Waals surface area contributed by atoms with Crippen molar-refractivity contribution in [3.05, 3.63) is 65.5 Å². The molecule has 0 aliphatic carbocycles. The summed E-state index contributed by atoms with van der Waals surface area (Å²) >= 11 is 0. The highest BCUT2D eigenvalue weighted by Crippen LogP contribution is 2.12. The van der Waals surface area contributed by atoms with Crippen molar-refractivity contribution >= 4 is 12.0 Å². The van der Waals surface area contributed by atoms with Crippen LogP contribution in [-0.4, -0.2) is 20.2 Å². The number of methoxy groups -OCH3 is 2. The van der Waals surface area contributed by atoms with Crippen LogP contribution in [0.5, 0.6) is 0 Å². The number of hydrogen-bond acceptors (Lipinski definition) is 3. The third-order valence-corrected chi connectivity index (χ3v) is 2.50. The molecule has 0 heterocycles. The molecule has 0 atom stereocenters. The van der Waals surface area contributed by atoms with Crippen LogP contribution in [0, 0.1) is 0 Å². The molecule has 0 fully saturated rings. The van der Waals surface area contributed by atoms with Crippen LogP contribution in [0.1, 0.15) is 12.5 Å². The van der Waals surface area contributed by atoms with Gasteiger partial charge in [0, 0.05) is 0 Å². The second-order valence-electron chi connectivity index (χ2n) is 3.88. The topological polar surface area (TPSA) is 35.5 Å². The number of esters is 1. The molecule has 0 N–H and O–H groups in total. The van der Waals surface area contributed by atoms with Crippen molar-refractivity contribution in [1.82, 2.24) is 0 Å². The second kappa shape index (κ2) is 7.93. The normalized spacial score (nSPS) is 12.6. The van der Waals surface area contributed by atoms with Gasteiger partial charge in [0.15, 0.2) is 0 Å². The minimum absolute atomic E-state index is 0.405. The molecule has 1 rings (SSSR count). The maximum Gasteiger partial charge on any atom is 0.341 e. The molecule has 0 saturated carbocycles. The van der Waals surface area contributed by atoms with Gasteiger partial charge >= 0.3 is 5.97 Å². The molecule has 100 valence electrons.